The fourth-order valence-electron chi connectivity index (χ4n) is 2.65. The van der Waals surface area contributed by atoms with E-state index in [1.54, 1.807) is 18.2 Å². The van der Waals surface area contributed by atoms with Crippen LogP contribution in [0.2, 0.25) is 0 Å². The highest BCUT2D eigenvalue weighted by molar-refractivity contribution is 7.92. The van der Waals surface area contributed by atoms with Gasteiger partial charge in [0.1, 0.15) is 5.82 Å². The molecule has 0 radical (unpaired) electrons. The van der Waals surface area contributed by atoms with E-state index in [1.165, 1.54) is 22.5 Å². The highest BCUT2D eigenvalue weighted by Crippen LogP contribution is 2.29. The van der Waals surface area contributed by atoms with E-state index < -0.39 is 21.7 Å². The molecule has 2 aromatic carbocycles. The van der Waals surface area contributed by atoms with Gasteiger partial charge in [0.2, 0.25) is 15.9 Å². The quantitative estimate of drug-likeness (QED) is 0.798. The van der Waals surface area contributed by atoms with Crippen LogP contribution >= 0.6 is 0 Å². The molecular formula is C19H23FN2O3S. The Morgan fingerprint density at radius 3 is 2.35 bits per heavy atom. The van der Waals surface area contributed by atoms with Crippen LogP contribution in [0.4, 0.5) is 15.8 Å². The summed E-state index contributed by atoms with van der Waals surface area (Å²) in [7, 11) is -3.57. The van der Waals surface area contributed by atoms with Gasteiger partial charge in [-0.05, 0) is 29.7 Å². The van der Waals surface area contributed by atoms with Gasteiger partial charge in [-0.3, -0.25) is 9.10 Å². The second kappa shape index (κ2) is 8.31. The first-order chi connectivity index (χ1) is 12.2. The molecule has 0 heterocycles. The molecule has 0 fully saturated rings. The molecule has 5 nitrogen and oxygen atoms in total. The molecule has 0 saturated heterocycles. The van der Waals surface area contributed by atoms with Crippen molar-refractivity contribution in [1.82, 2.24) is 0 Å². The molecule has 0 spiro atoms. The lowest BCUT2D eigenvalue weighted by Gasteiger charge is -2.26. The van der Waals surface area contributed by atoms with Gasteiger partial charge < -0.3 is 5.32 Å². The zero-order chi connectivity index (χ0) is 19.3. The Morgan fingerprint density at radius 1 is 1.12 bits per heavy atom. The summed E-state index contributed by atoms with van der Waals surface area (Å²) in [4.78, 5) is 12.1. The van der Waals surface area contributed by atoms with Crippen molar-refractivity contribution in [3.8, 4) is 0 Å². The van der Waals surface area contributed by atoms with Gasteiger partial charge in [-0.15, -0.1) is 0 Å². The Bertz CT molecular complexity index is 882. The van der Waals surface area contributed by atoms with Crippen molar-refractivity contribution in [2.45, 2.75) is 26.2 Å². The second-order valence-electron chi connectivity index (χ2n) is 6.33. The number of para-hydroxylation sites is 2. The van der Waals surface area contributed by atoms with Crippen LogP contribution in [0.15, 0.2) is 48.5 Å². The third-order valence-electron chi connectivity index (χ3n) is 3.92. The summed E-state index contributed by atoms with van der Waals surface area (Å²) in [6.45, 7) is 3.93. The van der Waals surface area contributed by atoms with Crippen LogP contribution in [0, 0.1) is 5.82 Å². The van der Waals surface area contributed by atoms with E-state index in [0.29, 0.717) is 5.69 Å². The number of nitrogens with zero attached hydrogens (tertiary/aromatic N) is 1. The summed E-state index contributed by atoms with van der Waals surface area (Å²) in [6.07, 6.45) is 1.02. The molecule has 0 aliphatic carbocycles. The van der Waals surface area contributed by atoms with Gasteiger partial charge in [0.05, 0.1) is 17.6 Å². The summed E-state index contributed by atoms with van der Waals surface area (Å²) < 4.78 is 39.4. The maximum Gasteiger partial charge on any atom is 0.232 e. The van der Waals surface area contributed by atoms with Crippen molar-refractivity contribution in [1.29, 1.82) is 0 Å². The molecule has 0 atom stereocenters. The summed E-state index contributed by atoms with van der Waals surface area (Å²) in [6, 6.07) is 13.1. The van der Waals surface area contributed by atoms with Gasteiger partial charge in [0.25, 0.3) is 0 Å². The number of carbonyl (C=O) groups excluding carboxylic acids is 1. The lowest BCUT2D eigenvalue weighted by molar-refractivity contribution is -0.116. The van der Waals surface area contributed by atoms with E-state index in [9.17, 15) is 17.6 Å². The highest BCUT2D eigenvalue weighted by atomic mass is 32.2. The molecule has 140 valence electrons. The fourth-order valence-corrected chi connectivity index (χ4v) is 3.59. The van der Waals surface area contributed by atoms with E-state index in [2.05, 4.69) is 5.32 Å². The monoisotopic (exact) mass is 378 g/mol. The predicted octanol–water partition coefficient (Wildman–Crippen LogP) is 3.74. The van der Waals surface area contributed by atoms with Crippen LogP contribution in [-0.4, -0.2) is 27.1 Å². The third-order valence-corrected chi connectivity index (χ3v) is 5.10. The van der Waals surface area contributed by atoms with Crippen molar-refractivity contribution in [3.05, 3.63) is 59.9 Å². The smallest absolute Gasteiger partial charge is 0.232 e. The first kappa shape index (κ1) is 19.9. The Morgan fingerprint density at radius 2 is 1.73 bits per heavy atom. The number of rotatable bonds is 7. The van der Waals surface area contributed by atoms with E-state index in [-0.39, 0.29) is 24.6 Å². The molecule has 0 aliphatic rings. The lowest BCUT2D eigenvalue weighted by atomic mass is 10.0. The first-order valence-electron chi connectivity index (χ1n) is 8.31. The number of anilines is 2. The number of carbonyl (C=O) groups is 1. The van der Waals surface area contributed by atoms with E-state index in [4.69, 9.17) is 0 Å². The van der Waals surface area contributed by atoms with Gasteiger partial charge in [0.15, 0.2) is 0 Å². The minimum atomic E-state index is -3.57. The maximum atomic E-state index is 13.6. The van der Waals surface area contributed by atoms with Crippen molar-refractivity contribution < 1.29 is 17.6 Å². The van der Waals surface area contributed by atoms with Crippen LogP contribution in [0.1, 0.15) is 31.7 Å². The van der Waals surface area contributed by atoms with Crippen molar-refractivity contribution in [2.24, 2.45) is 0 Å². The minimum absolute atomic E-state index is 0.0249. The Kier molecular flexibility index (Phi) is 6.37. The standard InChI is InChI=1S/C19H23FN2O3S/c1-14(2)15-8-4-7-11-18(15)22(26(3,24)25)13-12-19(23)21-17-10-6-5-9-16(17)20/h4-11,14H,12-13H2,1-3H3,(H,21,23). The molecule has 1 amide bonds. The largest absolute Gasteiger partial charge is 0.324 e. The zero-order valence-corrected chi connectivity index (χ0v) is 15.9. The number of hydrogen-bond donors (Lipinski definition) is 1. The van der Waals surface area contributed by atoms with Crippen LogP contribution in [0.5, 0.6) is 0 Å². The number of amides is 1. The molecule has 2 aromatic rings. The van der Waals surface area contributed by atoms with Gasteiger partial charge >= 0.3 is 0 Å². The normalized spacial score (nSPS) is 11.4. The molecule has 1 N–H and O–H groups in total. The van der Waals surface area contributed by atoms with Crippen molar-refractivity contribution in [3.63, 3.8) is 0 Å². The van der Waals surface area contributed by atoms with Crippen LogP contribution in [-0.2, 0) is 14.8 Å². The summed E-state index contributed by atoms with van der Waals surface area (Å²) in [5, 5.41) is 2.47. The molecule has 26 heavy (non-hydrogen) atoms. The van der Waals surface area contributed by atoms with Gasteiger partial charge in [-0.1, -0.05) is 44.2 Å². The molecule has 0 unspecified atom stereocenters. The lowest BCUT2D eigenvalue weighted by Crippen LogP contribution is -2.33. The zero-order valence-electron chi connectivity index (χ0n) is 15.1. The van der Waals surface area contributed by atoms with E-state index in [0.717, 1.165) is 11.8 Å². The van der Waals surface area contributed by atoms with Crippen LogP contribution in [0.25, 0.3) is 0 Å². The molecule has 0 aliphatic heterocycles. The van der Waals surface area contributed by atoms with Crippen molar-refractivity contribution in [2.75, 3.05) is 22.4 Å². The molecule has 0 bridgehead atoms. The predicted molar refractivity (Wildman–Crippen MR) is 102 cm³/mol. The first-order valence-corrected chi connectivity index (χ1v) is 10.2. The Hall–Kier alpha value is -2.41. The SMILES string of the molecule is CC(C)c1ccccc1N(CCC(=O)Nc1ccccc1F)S(C)(=O)=O. The van der Waals surface area contributed by atoms with Gasteiger partial charge in [0, 0.05) is 13.0 Å². The summed E-state index contributed by atoms with van der Waals surface area (Å²) >= 11 is 0. The highest BCUT2D eigenvalue weighted by Gasteiger charge is 2.22. The van der Waals surface area contributed by atoms with Crippen LogP contribution < -0.4 is 9.62 Å². The summed E-state index contributed by atoms with van der Waals surface area (Å²) in [5.74, 6) is -0.862. The molecule has 0 saturated carbocycles. The number of sulfonamides is 1. The van der Waals surface area contributed by atoms with Crippen molar-refractivity contribution >= 4 is 27.3 Å². The maximum absolute atomic E-state index is 13.6. The Labute approximate surface area is 153 Å². The van der Waals surface area contributed by atoms with E-state index in [1.807, 2.05) is 26.0 Å². The third kappa shape index (κ3) is 5.05. The fraction of sp³-hybridized carbons (Fsp3) is 0.316. The average molecular weight is 378 g/mol. The molecular weight excluding hydrogens is 355 g/mol. The van der Waals surface area contributed by atoms with Crippen LogP contribution in [0.3, 0.4) is 0 Å². The number of hydrogen-bond acceptors (Lipinski definition) is 3. The van der Waals surface area contributed by atoms with Gasteiger partial charge in [-0.2, -0.15) is 0 Å². The van der Waals surface area contributed by atoms with Gasteiger partial charge in [-0.25, -0.2) is 12.8 Å². The number of halogens is 1. The second-order valence-corrected chi connectivity index (χ2v) is 8.23. The minimum Gasteiger partial charge on any atom is -0.324 e. The summed E-state index contributed by atoms with van der Waals surface area (Å²) in [5.41, 5.74) is 1.52. The Balaban J connectivity index is 2.18. The molecule has 7 heteroatoms. The molecule has 2 rings (SSSR count). The topological polar surface area (TPSA) is 66.5 Å². The number of nitrogens with one attached hydrogen (secondary N) is 1. The average Bonchev–Trinajstić information content (AvgIpc) is 2.56. The van der Waals surface area contributed by atoms with E-state index >= 15 is 0 Å². The molecule has 0 aromatic heterocycles. The number of benzene rings is 2.